The maximum absolute atomic E-state index is 12.2. The molecule has 9 heteroatoms. The quantitative estimate of drug-likeness (QED) is 0.445. The van der Waals surface area contributed by atoms with E-state index in [1.54, 1.807) is 24.5 Å². The van der Waals surface area contributed by atoms with Crippen LogP contribution in [0.3, 0.4) is 0 Å². The van der Waals surface area contributed by atoms with E-state index < -0.39 is 16.9 Å². The number of rotatable bonds is 9. The van der Waals surface area contributed by atoms with Gasteiger partial charge >= 0.3 is 5.97 Å². The maximum Gasteiger partial charge on any atom is 0.320 e. The van der Waals surface area contributed by atoms with Crippen LogP contribution in [0.1, 0.15) is 32.2 Å². The zero-order valence-electron chi connectivity index (χ0n) is 15.8. The fourth-order valence-electron chi connectivity index (χ4n) is 2.49. The standard InChI is InChI=1S/C18H26N4O4S/c1-18(2,3)26-17(23)13-22(12-16-19-9-10-20-16)11-8-14-4-6-15(7-5-14)21-27(24)25/h4-7,9-10,21H,8,11-13H2,1-3H3,(H,19,20)(H,24,25). The number of carbonyl (C=O) groups excluding carboxylic acids is 1. The summed E-state index contributed by atoms with van der Waals surface area (Å²) in [6.45, 7) is 6.85. The zero-order chi connectivity index (χ0) is 19.9. The number of hydrogen-bond donors (Lipinski definition) is 3. The van der Waals surface area contributed by atoms with Gasteiger partial charge in [0.25, 0.3) is 11.3 Å². The molecule has 0 bridgehead atoms. The van der Waals surface area contributed by atoms with Crippen LogP contribution in [-0.2, 0) is 33.8 Å². The van der Waals surface area contributed by atoms with Crippen LogP contribution in [0.4, 0.5) is 5.69 Å². The summed E-state index contributed by atoms with van der Waals surface area (Å²) in [5.41, 5.74) is 1.10. The van der Waals surface area contributed by atoms with Crippen LogP contribution in [0.2, 0.25) is 0 Å². The van der Waals surface area contributed by atoms with Crippen molar-refractivity contribution in [1.82, 2.24) is 14.9 Å². The van der Waals surface area contributed by atoms with Crippen LogP contribution in [0.5, 0.6) is 0 Å². The van der Waals surface area contributed by atoms with Crippen LogP contribution in [0, 0.1) is 0 Å². The van der Waals surface area contributed by atoms with Crippen molar-refractivity contribution >= 4 is 22.9 Å². The first-order valence-electron chi connectivity index (χ1n) is 8.60. The Labute approximate surface area is 161 Å². The Hall–Kier alpha value is -2.23. The molecule has 0 saturated carbocycles. The van der Waals surface area contributed by atoms with Gasteiger partial charge in [-0.2, -0.15) is 0 Å². The van der Waals surface area contributed by atoms with E-state index in [0.29, 0.717) is 25.2 Å². The SMILES string of the molecule is CC(C)(C)OC(=O)CN(CCc1ccc(NS(=O)O)cc1)Cc1ncc[nH]1. The molecule has 2 aromatic rings. The number of aromatic amines is 1. The summed E-state index contributed by atoms with van der Waals surface area (Å²) in [4.78, 5) is 21.4. The summed E-state index contributed by atoms with van der Waals surface area (Å²) in [7, 11) is 0. The highest BCUT2D eigenvalue weighted by atomic mass is 32.2. The molecular weight excluding hydrogens is 368 g/mol. The molecule has 0 aliphatic carbocycles. The molecule has 148 valence electrons. The molecule has 0 amide bonds. The predicted molar refractivity (Wildman–Crippen MR) is 104 cm³/mol. The summed E-state index contributed by atoms with van der Waals surface area (Å²) >= 11 is -2.09. The van der Waals surface area contributed by atoms with Gasteiger partial charge in [0.05, 0.1) is 13.1 Å². The first kappa shape index (κ1) is 21.1. The molecule has 1 atom stereocenters. The molecule has 0 radical (unpaired) electrons. The normalized spacial score (nSPS) is 12.8. The van der Waals surface area contributed by atoms with Gasteiger partial charge in [-0.05, 0) is 44.9 Å². The molecule has 3 N–H and O–H groups in total. The Balaban J connectivity index is 1.96. The van der Waals surface area contributed by atoms with E-state index in [0.717, 1.165) is 11.4 Å². The number of H-pyrrole nitrogens is 1. The number of nitrogens with one attached hydrogen (secondary N) is 2. The number of ether oxygens (including phenoxy) is 1. The number of anilines is 1. The van der Waals surface area contributed by atoms with E-state index in [-0.39, 0.29) is 12.5 Å². The van der Waals surface area contributed by atoms with Gasteiger partial charge in [0.2, 0.25) is 0 Å². The van der Waals surface area contributed by atoms with Crippen molar-refractivity contribution in [1.29, 1.82) is 0 Å². The third kappa shape index (κ3) is 8.33. The van der Waals surface area contributed by atoms with Gasteiger partial charge in [-0.25, -0.2) is 9.19 Å². The van der Waals surface area contributed by atoms with E-state index in [2.05, 4.69) is 14.7 Å². The molecule has 8 nitrogen and oxygen atoms in total. The second-order valence-electron chi connectivity index (χ2n) is 7.13. The lowest BCUT2D eigenvalue weighted by molar-refractivity contribution is -0.156. The summed E-state index contributed by atoms with van der Waals surface area (Å²) in [5, 5.41) is 0. The van der Waals surface area contributed by atoms with Gasteiger partial charge in [0.15, 0.2) is 0 Å². The van der Waals surface area contributed by atoms with E-state index in [1.807, 2.05) is 37.8 Å². The fraction of sp³-hybridized carbons (Fsp3) is 0.444. The average molecular weight is 394 g/mol. The molecule has 1 unspecified atom stereocenters. The van der Waals surface area contributed by atoms with E-state index in [4.69, 9.17) is 9.29 Å². The molecule has 27 heavy (non-hydrogen) atoms. The molecule has 1 aromatic carbocycles. The third-order valence-corrected chi connectivity index (χ3v) is 3.99. The number of hydrogen-bond acceptors (Lipinski definition) is 5. The molecule has 0 aliphatic rings. The Bertz CT molecular complexity index is 742. The van der Waals surface area contributed by atoms with Gasteiger partial charge in [-0.15, -0.1) is 0 Å². The monoisotopic (exact) mass is 394 g/mol. The zero-order valence-corrected chi connectivity index (χ0v) is 16.6. The van der Waals surface area contributed by atoms with Crippen molar-refractivity contribution in [3.63, 3.8) is 0 Å². The van der Waals surface area contributed by atoms with Gasteiger partial charge in [-0.3, -0.25) is 19.0 Å². The summed E-state index contributed by atoms with van der Waals surface area (Å²) in [6, 6.07) is 7.25. The van der Waals surface area contributed by atoms with Gasteiger partial charge in [0, 0.05) is 24.6 Å². The lowest BCUT2D eigenvalue weighted by Crippen LogP contribution is -2.36. The summed E-state index contributed by atoms with van der Waals surface area (Å²) < 4.78 is 27.4. The third-order valence-electron chi connectivity index (χ3n) is 3.58. The Kier molecular flexibility index (Phi) is 7.52. The van der Waals surface area contributed by atoms with Crippen molar-refractivity contribution < 1.29 is 18.3 Å². The first-order chi connectivity index (χ1) is 12.7. The summed E-state index contributed by atoms with van der Waals surface area (Å²) in [5.74, 6) is 0.502. The highest BCUT2D eigenvalue weighted by Gasteiger charge is 2.19. The molecule has 0 spiro atoms. The first-order valence-corrected chi connectivity index (χ1v) is 9.71. The molecular formula is C18H26N4O4S. The minimum Gasteiger partial charge on any atom is -0.459 e. The fourth-order valence-corrected chi connectivity index (χ4v) is 2.83. The molecule has 1 aromatic heterocycles. The molecule has 1 heterocycles. The van der Waals surface area contributed by atoms with Crippen molar-refractivity contribution in [3.8, 4) is 0 Å². The molecule has 0 saturated heterocycles. The highest BCUT2D eigenvalue weighted by molar-refractivity contribution is 7.80. The number of nitrogens with zero attached hydrogens (tertiary/aromatic N) is 2. The largest absolute Gasteiger partial charge is 0.459 e. The van der Waals surface area contributed by atoms with Crippen LogP contribution in [0.25, 0.3) is 0 Å². The van der Waals surface area contributed by atoms with Crippen LogP contribution >= 0.6 is 0 Å². The molecule has 0 aliphatic heterocycles. The van der Waals surface area contributed by atoms with E-state index in [1.165, 1.54) is 0 Å². The predicted octanol–water partition coefficient (Wildman–Crippen LogP) is 2.34. The van der Waals surface area contributed by atoms with Crippen molar-refractivity contribution in [2.24, 2.45) is 0 Å². The van der Waals surface area contributed by atoms with Gasteiger partial charge in [-0.1, -0.05) is 12.1 Å². The van der Waals surface area contributed by atoms with Crippen LogP contribution in [0.15, 0.2) is 36.7 Å². The maximum atomic E-state index is 12.2. The molecule has 0 fully saturated rings. The summed E-state index contributed by atoms with van der Waals surface area (Å²) in [6.07, 6.45) is 4.14. The second-order valence-corrected chi connectivity index (χ2v) is 7.83. The minimum absolute atomic E-state index is 0.168. The average Bonchev–Trinajstić information content (AvgIpc) is 3.04. The van der Waals surface area contributed by atoms with Gasteiger partial charge in [0.1, 0.15) is 11.4 Å². The number of aromatic nitrogens is 2. The molecule has 2 rings (SSSR count). The number of imidazole rings is 1. The van der Waals surface area contributed by atoms with E-state index in [9.17, 15) is 9.00 Å². The minimum atomic E-state index is -2.09. The smallest absolute Gasteiger partial charge is 0.320 e. The number of benzene rings is 1. The number of esters is 1. The van der Waals surface area contributed by atoms with E-state index >= 15 is 0 Å². The lowest BCUT2D eigenvalue weighted by atomic mass is 10.1. The topological polar surface area (TPSA) is 108 Å². The van der Waals surface area contributed by atoms with Crippen LogP contribution in [-0.4, -0.2) is 48.3 Å². The number of carbonyl (C=O) groups is 1. The highest BCUT2D eigenvalue weighted by Crippen LogP contribution is 2.12. The Morgan fingerprint density at radius 2 is 2.04 bits per heavy atom. The van der Waals surface area contributed by atoms with Gasteiger partial charge < -0.3 is 9.72 Å². The second kappa shape index (κ2) is 9.63. The van der Waals surface area contributed by atoms with Crippen LogP contribution < -0.4 is 4.72 Å². The van der Waals surface area contributed by atoms with Crippen molar-refractivity contribution in [2.75, 3.05) is 17.8 Å². The Morgan fingerprint density at radius 3 is 2.59 bits per heavy atom. The van der Waals surface area contributed by atoms with Crippen molar-refractivity contribution in [2.45, 2.75) is 39.3 Å². The Morgan fingerprint density at radius 1 is 1.33 bits per heavy atom. The lowest BCUT2D eigenvalue weighted by Gasteiger charge is -2.24. The van der Waals surface area contributed by atoms with Crippen molar-refractivity contribution in [3.05, 3.63) is 48.0 Å².